The third-order valence-electron chi connectivity index (χ3n) is 10.4. The molecule has 8 atom stereocenters. The van der Waals surface area contributed by atoms with E-state index in [4.69, 9.17) is 18.9 Å². The predicted octanol–water partition coefficient (Wildman–Crippen LogP) is 1.84. The Morgan fingerprint density at radius 1 is 0.941 bits per heavy atom. The second-order valence-electron chi connectivity index (χ2n) is 12.8. The van der Waals surface area contributed by atoms with Crippen LogP contribution in [0.2, 0.25) is 0 Å². The average molecular weight is 471 g/mol. The number of ether oxygens (including phenoxy) is 4. The summed E-state index contributed by atoms with van der Waals surface area (Å²) in [6.45, 7) is 9.19. The van der Waals surface area contributed by atoms with Gasteiger partial charge in [-0.2, -0.15) is 0 Å². The lowest BCUT2D eigenvalue weighted by atomic mass is 9.46. The standard InChI is InChI=1S/C26H34N2O6/c1-22(2)19-28-20(23(3,4)32-19)34-25(21(28)33-22)8-9-26(30)15-12-13-6-7-14(29)17-16(13)24(26,18(25)31-17)10-11-27(15)5/h6-7,15,18-21,29-30H,8-12H2,1-5H3/t15?,18?,19-,20-,21-,24?,25?,26?/m1/s1. The summed E-state index contributed by atoms with van der Waals surface area (Å²) in [5, 5.41) is 23.5. The van der Waals surface area contributed by atoms with E-state index in [-0.39, 0.29) is 30.5 Å². The van der Waals surface area contributed by atoms with E-state index in [1.807, 2.05) is 6.07 Å². The van der Waals surface area contributed by atoms with Crippen molar-refractivity contribution in [1.82, 2.24) is 9.80 Å². The number of likely N-dealkylation sites (N-methyl/N-ethyl adjacent to an activating group) is 1. The minimum Gasteiger partial charge on any atom is -0.504 e. The zero-order chi connectivity index (χ0) is 23.6. The smallest absolute Gasteiger partial charge is 0.165 e. The van der Waals surface area contributed by atoms with Crippen molar-refractivity contribution in [3.63, 3.8) is 0 Å². The molecule has 0 radical (unpaired) electrons. The largest absolute Gasteiger partial charge is 0.504 e. The van der Waals surface area contributed by atoms with Crippen molar-refractivity contribution in [3.8, 4) is 11.5 Å². The van der Waals surface area contributed by atoms with E-state index in [0.717, 1.165) is 24.9 Å². The summed E-state index contributed by atoms with van der Waals surface area (Å²) < 4.78 is 27.1. The maximum absolute atomic E-state index is 12.6. The summed E-state index contributed by atoms with van der Waals surface area (Å²) in [6.07, 6.45) is 1.45. The molecule has 8 heteroatoms. The van der Waals surface area contributed by atoms with Crippen molar-refractivity contribution in [1.29, 1.82) is 0 Å². The van der Waals surface area contributed by atoms with Gasteiger partial charge in [0.15, 0.2) is 11.5 Å². The molecular weight excluding hydrogens is 436 g/mol. The molecule has 34 heavy (non-hydrogen) atoms. The lowest BCUT2D eigenvalue weighted by Crippen LogP contribution is -2.80. The van der Waals surface area contributed by atoms with Crippen LogP contribution in [0.4, 0.5) is 0 Å². The number of likely N-dealkylation sites (tertiary alicyclic amines) is 1. The SMILES string of the molecule is CN1CCC23c4c5ccc(O)c4OC2C2(CCC3(O)C1C5)O[C@H]1N3[C@H](OC1(C)C)C(C)(C)O[C@@H]32. The molecule has 1 aromatic carbocycles. The Morgan fingerprint density at radius 3 is 2.41 bits per heavy atom. The molecule has 0 amide bonds. The molecule has 184 valence electrons. The number of hydrogen-bond donors (Lipinski definition) is 2. The van der Waals surface area contributed by atoms with E-state index >= 15 is 0 Å². The summed E-state index contributed by atoms with van der Waals surface area (Å²) in [4.78, 5) is 4.58. The summed E-state index contributed by atoms with van der Waals surface area (Å²) in [6, 6.07) is 3.76. The summed E-state index contributed by atoms with van der Waals surface area (Å²) >= 11 is 0. The molecule has 8 nitrogen and oxygen atoms in total. The van der Waals surface area contributed by atoms with Crippen LogP contribution in [-0.2, 0) is 26.0 Å². The van der Waals surface area contributed by atoms with Gasteiger partial charge < -0.3 is 34.1 Å². The van der Waals surface area contributed by atoms with Crippen molar-refractivity contribution >= 4 is 0 Å². The first-order chi connectivity index (χ1) is 16.0. The summed E-state index contributed by atoms with van der Waals surface area (Å²) in [5.41, 5.74) is -1.22. The Morgan fingerprint density at radius 2 is 1.65 bits per heavy atom. The molecule has 5 heterocycles. The third-order valence-corrected chi connectivity index (χ3v) is 10.4. The number of phenols is 1. The van der Waals surface area contributed by atoms with Crippen LogP contribution in [0, 0.1) is 0 Å². The number of rotatable bonds is 0. The maximum atomic E-state index is 12.6. The van der Waals surface area contributed by atoms with Gasteiger partial charge in [0, 0.05) is 11.6 Å². The van der Waals surface area contributed by atoms with Crippen LogP contribution in [0.3, 0.4) is 0 Å². The third kappa shape index (κ3) is 1.90. The quantitative estimate of drug-likeness (QED) is 0.595. The first-order valence-electron chi connectivity index (χ1n) is 12.7. The number of hydrogen-bond acceptors (Lipinski definition) is 8. The fourth-order valence-electron chi connectivity index (χ4n) is 9.02. The Bertz CT molecular complexity index is 1140. The minimum absolute atomic E-state index is 0.00219. The van der Waals surface area contributed by atoms with Gasteiger partial charge in [-0.25, -0.2) is 4.90 Å². The van der Waals surface area contributed by atoms with Crippen molar-refractivity contribution in [2.45, 2.75) is 112 Å². The van der Waals surface area contributed by atoms with E-state index in [2.05, 4.69) is 44.5 Å². The van der Waals surface area contributed by atoms with E-state index in [1.54, 1.807) is 6.07 Å². The molecule has 5 unspecified atom stereocenters. The molecule has 2 aliphatic carbocycles. The topological polar surface area (TPSA) is 83.9 Å². The minimum atomic E-state index is -0.960. The zero-order valence-electron chi connectivity index (χ0n) is 20.5. The molecule has 5 aliphatic heterocycles. The number of benzene rings is 1. The van der Waals surface area contributed by atoms with Gasteiger partial charge in [-0.3, -0.25) is 0 Å². The second-order valence-corrected chi connectivity index (χ2v) is 12.8. The molecule has 2 bridgehead atoms. The van der Waals surface area contributed by atoms with Gasteiger partial charge in [0.05, 0.1) is 11.0 Å². The van der Waals surface area contributed by atoms with E-state index in [9.17, 15) is 10.2 Å². The Labute approximate surface area is 199 Å². The number of phenolic OH excluding ortho intramolecular Hbond substituents is 1. The molecule has 2 N–H and O–H groups in total. The molecule has 8 rings (SSSR count). The van der Waals surface area contributed by atoms with E-state index in [1.165, 1.54) is 5.56 Å². The molecule has 2 spiro atoms. The normalized spacial score (nSPS) is 50.9. The van der Waals surface area contributed by atoms with Crippen molar-refractivity contribution in [3.05, 3.63) is 23.3 Å². The molecule has 1 saturated carbocycles. The van der Waals surface area contributed by atoms with Crippen LogP contribution < -0.4 is 4.74 Å². The van der Waals surface area contributed by atoms with Gasteiger partial charge in [0.25, 0.3) is 0 Å². The van der Waals surface area contributed by atoms with Crippen LogP contribution in [0.1, 0.15) is 58.1 Å². The predicted molar refractivity (Wildman–Crippen MR) is 120 cm³/mol. The van der Waals surface area contributed by atoms with Gasteiger partial charge in [0.2, 0.25) is 0 Å². The van der Waals surface area contributed by atoms with Crippen molar-refractivity contribution < 1.29 is 29.2 Å². The number of fused-ring (bicyclic) bond motifs is 2. The highest BCUT2D eigenvalue weighted by Crippen LogP contribution is 2.70. The average Bonchev–Trinajstić information content (AvgIpc) is 3.43. The fraction of sp³-hybridized carbons (Fsp3) is 0.769. The highest BCUT2D eigenvalue weighted by Gasteiger charge is 2.82. The first kappa shape index (κ1) is 20.7. The second kappa shape index (κ2) is 5.61. The van der Waals surface area contributed by atoms with Crippen LogP contribution in [0.15, 0.2) is 12.1 Å². The Kier molecular flexibility index (Phi) is 3.42. The lowest BCUT2D eigenvalue weighted by molar-refractivity contribution is -0.265. The lowest BCUT2D eigenvalue weighted by Gasteiger charge is -2.65. The molecule has 7 aliphatic rings. The van der Waals surface area contributed by atoms with Gasteiger partial charge in [0.1, 0.15) is 41.6 Å². The van der Waals surface area contributed by atoms with E-state index < -0.39 is 33.9 Å². The zero-order valence-corrected chi connectivity index (χ0v) is 20.5. The number of piperidine rings is 1. The number of aliphatic hydroxyl groups is 1. The highest BCUT2D eigenvalue weighted by atomic mass is 16.7. The molecule has 5 fully saturated rings. The van der Waals surface area contributed by atoms with Crippen LogP contribution >= 0.6 is 0 Å². The Balaban J connectivity index is 1.36. The van der Waals surface area contributed by atoms with Crippen molar-refractivity contribution in [2.75, 3.05) is 13.6 Å². The number of nitrogens with zero attached hydrogens (tertiary/aromatic N) is 2. The number of aromatic hydroxyl groups is 1. The molecular formula is C26H34N2O6. The monoisotopic (exact) mass is 470 g/mol. The van der Waals surface area contributed by atoms with Crippen molar-refractivity contribution in [2.24, 2.45) is 0 Å². The molecule has 0 aromatic heterocycles. The molecule has 4 saturated heterocycles. The maximum Gasteiger partial charge on any atom is 0.165 e. The van der Waals surface area contributed by atoms with Gasteiger partial charge in [-0.05, 0) is 78.6 Å². The fourth-order valence-corrected chi connectivity index (χ4v) is 9.02. The highest BCUT2D eigenvalue weighted by molar-refractivity contribution is 5.63. The van der Waals surface area contributed by atoms with Crippen LogP contribution in [0.25, 0.3) is 0 Å². The van der Waals surface area contributed by atoms with Gasteiger partial charge in [-0.1, -0.05) is 6.07 Å². The van der Waals surface area contributed by atoms with Crippen LogP contribution in [-0.4, -0.2) is 86.8 Å². The molecule has 1 aromatic rings. The summed E-state index contributed by atoms with van der Waals surface area (Å²) in [5.74, 6) is 0.676. The Hall–Kier alpha value is -1.42. The first-order valence-corrected chi connectivity index (χ1v) is 12.7. The van der Waals surface area contributed by atoms with Gasteiger partial charge >= 0.3 is 0 Å². The summed E-state index contributed by atoms with van der Waals surface area (Å²) in [7, 11) is 2.12. The van der Waals surface area contributed by atoms with Crippen LogP contribution in [0.5, 0.6) is 11.5 Å². The van der Waals surface area contributed by atoms with Gasteiger partial charge in [-0.15, -0.1) is 0 Å². The van der Waals surface area contributed by atoms with E-state index in [0.29, 0.717) is 18.6 Å².